The maximum Gasteiger partial charge on any atom is 0.172 e. The maximum atomic E-state index is 12.4. The third-order valence-corrected chi connectivity index (χ3v) is 3.57. The fourth-order valence-corrected chi connectivity index (χ4v) is 2.34. The lowest BCUT2D eigenvalue weighted by molar-refractivity contribution is 0.0906. The van der Waals surface area contributed by atoms with Crippen LogP contribution in [0.1, 0.15) is 36.0 Å². The number of ether oxygens (including phenoxy) is 2. The third-order valence-electron chi connectivity index (χ3n) is 3.57. The number of carbonyl (C=O) groups excluding carboxylic acids is 1. The molecule has 0 radical (unpaired) electrons. The van der Waals surface area contributed by atoms with Gasteiger partial charge < -0.3 is 15.2 Å². The number of nitrogens with two attached hydrogens (primary N) is 1. The van der Waals surface area contributed by atoms with Crippen LogP contribution in [0.25, 0.3) is 0 Å². The smallest absolute Gasteiger partial charge is 0.172 e. The molecule has 1 aromatic carbocycles. The van der Waals surface area contributed by atoms with Gasteiger partial charge in [0.05, 0.1) is 14.2 Å². The molecular weight excluding hydrogens is 230 g/mol. The van der Waals surface area contributed by atoms with Crippen LogP contribution in [0.15, 0.2) is 18.2 Å². The summed E-state index contributed by atoms with van der Waals surface area (Å²) in [6, 6.07) is 5.33. The highest BCUT2D eigenvalue weighted by atomic mass is 16.5. The highest BCUT2D eigenvalue weighted by Crippen LogP contribution is 2.36. The van der Waals surface area contributed by atoms with Crippen LogP contribution in [0.3, 0.4) is 0 Å². The quantitative estimate of drug-likeness (QED) is 0.812. The molecule has 0 bridgehead atoms. The first-order chi connectivity index (χ1) is 8.59. The van der Waals surface area contributed by atoms with Crippen molar-refractivity contribution in [2.75, 3.05) is 14.2 Å². The Morgan fingerprint density at radius 1 is 1.28 bits per heavy atom. The molecule has 2 N–H and O–H groups in total. The van der Waals surface area contributed by atoms with Crippen LogP contribution in [0.4, 0.5) is 0 Å². The van der Waals surface area contributed by atoms with Crippen LogP contribution >= 0.6 is 0 Å². The normalized spacial score (nSPS) is 16.8. The van der Waals surface area contributed by atoms with Gasteiger partial charge in [-0.25, -0.2) is 0 Å². The van der Waals surface area contributed by atoms with Crippen molar-refractivity contribution in [1.82, 2.24) is 0 Å². The average molecular weight is 249 g/mol. The number of methoxy groups -OCH3 is 2. The molecule has 0 aromatic heterocycles. The molecular formula is C14H19NO3. The van der Waals surface area contributed by atoms with Crippen LogP contribution in [0, 0.1) is 0 Å². The molecule has 1 fully saturated rings. The summed E-state index contributed by atoms with van der Waals surface area (Å²) < 4.78 is 10.5. The number of Topliss-reactive ketones (excluding diaryl/α,β-unsaturated/α-hetero) is 1. The Morgan fingerprint density at radius 3 is 2.22 bits per heavy atom. The highest BCUT2D eigenvalue weighted by Gasteiger charge is 2.36. The van der Waals surface area contributed by atoms with E-state index in [9.17, 15) is 4.79 Å². The van der Waals surface area contributed by atoms with E-state index in [4.69, 9.17) is 15.2 Å². The van der Waals surface area contributed by atoms with Gasteiger partial charge in [-0.2, -0.15) is 0 Å². The van der Waals surface area contributed by atoms with Gasteiger partial charge in [0.2, 0.25) is 0 Å². The van der Waals surface area contributed by atoms with Gasteiger partial charge in [-0.15, -0.1) is 0 Å². The van der Waals surface area contributed by atoms with E-state index in [0.717, 1.165) is 19.3 Å². The number of benzene rings is 1. The van der Waals surface area contributed by atoms with Crippen molar-refractivity contribution in [3.05, 3.63) is 23.8 Å². The van der Waals surface area contributed by atoms with Crippen LogP contribution in [-0.2, 0) is 0 Å². The van der Waals surface area contributed by atoms with Crippen LogP contribution in [-0.4, -0.2) is 25.5 Å². The van der Waals surface area contributed by atoms with Crippen molar-refractivity contribution in [2.45, 2.75) is 31.2 Å². The topological polar surface area (TPSA) is 61.5 Å². The minimum absolute atomic E-state index is 0.00787. The number of hydrogen-bond acceptors (Lipinski definition) is 4. The summed E-state index contributed by atoms with van der Waals surface area (Å²) >= 11 is 0. The lowest BCUT2D eigenvalue weighted by Gasteiger charge is -2.37. The lowest BCUT2D eigenvalue weighted by Crippen LogP contribution is -2.48. The zero-order valence-corrected chi connectivity index (χ0v) is 10.9. The van der Waals surface area contributed by atoms with Crippen molar-refractivity contribution in [2.24, 2.45) is 5.73 Å². The summed E-state index contributed by atoms with van der Waals surface area (Å²) in [5.41, 5.74) is 6.29. The number of carbonyl (C=O) groups is 1. The first kappa shape index (κ1) is 12.9. The molecule has 0 amide bonds. The van der Waals surface area contributed by atoms with Crippen molar-refractivity contribution in [3.8, 4) is 11.5 Å². The molecule has 98 valence electrons. The molecule has 0 heterocycles. The molecule has 2 rings (SSSR count). The Hall–Kier alpha value is -1.55. The fourth-order valence-electron chi connectivity index (χ4n) is 2.34. The summed E-state index contributed by atoms with van der Waals surface area (Å²) in [6.07, 6.45) is 3.28. The van der Waals surface area contributed by atoms with Crippen LogP contribution in [0.5, 0.6) is 11.5 Å². The van der Waals surface area contributed by atoms with E-state index >= 15 is 0 Å². The zero-order valence-electron chi connectivity index (χ0n) is 10.9. The SMILES string of the molecule is COc1cccc(OC)c1C(=O)CC1(N)CCC1. The van der Waals surface area contributed by atoms with E-state index < -0.39 is 0 Å². The maximum absolute atomic E-state index is 12.4. The van der Waals surface area contributed by atoms with E-state index in [-0.39, 0.29) is 11.3 Å². The van der Waals surface area contributed by atoms with Gasteiger partial charge in [-0.3, -0.25) is 4.79 Å². The minimum Gasteiger partial charge on any atom is -0.496 e. The Labute approximate surface area is 107 Å². The summed E-state index contributed by atoms with van der Waals surface area (Å²) in [6.45, 7) is 0. The molecule has 0 saturated heterocycles. The predicted octanol–water partition coefficient (Wildman–Crippen LogP) is 2.16. The summed E-state index contributed by atoms with van der Waals surface area (Å²) in [4.78, 5) is 12.4. The summed E-state index contributed by atoms with van der Waals surface area (Å²) in [5.74, 6) is 1.08. The van der Waals surface area contributed by atoms with Gasteiger partial charge in [0.1, 0.15) is 17.1 Å². The minimum atomic E-state index is -0.330. The second-order valence-corrected chi connectivity index (χ2v) is 4.85. The van der Waals surface area contributed by atoms with E-state index in [2.05, 4.69) is 0 Å². The molecule has 1 aliphatic carbocycles. The van der Waals surface area contributed by atoms with Gasteiger partial charge in [0.25, 0.3) is 0 Å². The van der Waals surface area contributed by atoms with Crippen molar-refractivity contribution in [1.29, 1.82) is 0 Å². The highest BCUT2D eigenvalue weighted by molar-refractivity contribution is 6.02. The second kappa shape index (κ2) is 4.98. The van der Waals surface area contributed by atoms with Gasteiger partial charge in [0.15, 0.2) is 5.78 Å². The molecule has 1 saturated carbocycles. The average Bonchev–Trinajstić information content (AvgIpc) is 2.35. The van der Waals surface area contributed by atoms with Gasteiger partial charge in [0, 0.05) is 12.0 Å². The van der Waals surface area contributed by atoms with E-state index in [1.54, 1.807) is 32.4 Å². The van der Waals surface area contributed by atoms with Gasteiger partial charge in [-0.1, -0.05) is 6.07 Å². The molecule has 1 aromatic rings. The van der Waals surface area contributed by atoms with Crippen LogP contribution < -0.4 is 15.2 Å². The summed E-state index contributed by atoms with van der Waals surface area (Å²) in [7, 11) is 3.10. The Morgan fingerprint density at radius 2 is 1.83 bits per heavy atom. The molecule has 0 aliphatic heterocycles. The lowest BCUT2D eigenvalue weighted by atomic mass is 9.73. The third kappa shape index (κ3) is 2.34. The largest absolute Gasteiger partial charge is 0.496 e. The molecule has 0 spiro atoms. The molecule has 18 heavy (non-hydrogen) atoms. The number of ketones is 1. The van der Waals surface area contributed by atoms with Gasteiger partial charge >= 0.3 is 0 Å². The monoisotopic (exact) mass is 249 g/mol. The van der Waals surface area contributed by atoms with Crippen molar-refractivity contribution >= 4 is 5.78 Å². The first-order valence-corrected chi connectivity index (χ1v) is 6.13. The molecule has 4 nitrogen and oxygen atoms in total. The van der Waals surface area contributed by atoms with Crippen LogP contribution in [0.2, 0.25) is 0 Å². The predicted molar refractivity (Wildman–Crippen MR) is 69.3 cm³/mol. The fraction of sp³-hybridized carbons (Fsp3) is 0.500. The molecule has 0 unspecified atom stereocenters. The molecule has 0 atom stereocenters. The standard InChI is InChI=1S/C14H19NO3/c1-17-11-5-3-6-12(18-2)13(11)10(16)9-14(15)7-4-8-14/h3,5-6H,4,7-9,15H2,1-2H3. The Bertz CT molecular complexity index is 430. The Balaban J connectivity index is 2.28. The second-order valence-electron chi connectivity index (χ2n) is 4.85. The van der Waals surface area contributed by atoms with Crippen molar-refractivity contribution in [3.63, 3.8) is 0 Å². The van der Waals surface area contributed by atoms with E-state index in [1.807, 2.05) is 0 Å². The summed E-state index contributed by atoms with van der Waals surface area (Å²) in [5, 5.41) is 0. The zero-order chi connectivity index (χ0) is 13.2. The first-order valence-electron chi connectivity index (χ1n) is 6.13. The number of rotatable bonds is 5. The molecule has 4 heteroatoms. The number of hydrogen-bond donors (Lipinski definition) is 1. The van der Waals surface area contributed by atoms with Crippen molar-refractivity contribution < 1.29 is 14.3 Å². The Kier molecular flexibility index (Phi) is 3.57. The van der Waals surface area contributed by atoms with Gasteiger partial charge in [-0.05, 0) is 31.4 Å². The van der Waals surface area contributed by atoms with E-state index in [1.165, 1.54) is 0 Å². The van der Waals surface area contributed by atoms with E-state index in [0.29, 0.717) is 23.5 Å². The molecule has 1 aliphatic rings.